The zero-order chi connectivity index (χ0) is 28.6. The Morgan fingerprint density at radius 1 is 1.05 bits per heavy atom. The van der Waals surface area contributed by atoms with Crippen molar-refractivity contribution in [1.29, 1.82) is 5.26 Å². The van der Waals surface area contributed by atoms with Gasteiger partial charge >= 0.3 is 0 Å². The van der Waals surface area contributed by atoms with Crippen molar-refractivity contribution in [1.82, 2.24) is 5.32 Å². The molecule has 1 aliphatic heterocycles. The zero-order valence-corrected chi connectivity index (χ0v) is 24.3. The van der Waals surface area contributed by atoms with Gasteiger partial charge in [-0.1, -0.05) is 39.0 Å². The second kappa shape index (κ2) is 13.5. The van der Waals surface area contributed by atoms with E-state index in [-0.39, 0.29) is 12.2 Å². The van der Waals surface area contributed by atoms with Crippen LogP contribution in [-0.2, 0) is 4.79 Å². The molecule has 0 radical (unpaired) electrons. The highest BCUT2D eigenvalue weighted by molar-refractivity contribution is 6.04. The molecule has 0 unspecified atom stereocenters. The third-order valence-corrected chi connectivity index (χ3v) is 6.71. The number of hydrogen-bond donors (Lipinski definition) is 2. The van der Waals surface area contributed by atoms with Crippen LogP contribution in [-0.4, -0.2) is 36.2 Å². The van der Waals surface area contributed by atoms with Crippen LogP contribution in [0.1, 0.15) is 73.0 Å². The van der Waals surface area contributed by atoms with Crippen LogP contribution in [0.25, 0.3) is 27.7 Å². The van der Waals surface area contributed by atoms with E-state index in [0.717, 1.165) is 30.0 Å². The van der Waals surface area contributed by atoms with Crippen molar-refractivity contribution in [2.45, 2.75) is 72.8 Å². The lowest BCUT2D eigenvalue weighted by Crippen LogP contribution is -2.44. The summed E-state index contributed by atoms with van der Waals surface area (Å²) in [6.45, 7) is 14.0. The predicted molar refractivity (Wildman–Crippen MR) is 160 cm³/mol. The maximum Gasteiger partial charge on any atom is 0.262 e. The van der Waals surface area contributed by atoms with Gasteiger partial charge in [0, 0.05) is 42.1 Å². The van der Waals surface area contributed by atoms with E-state index in [1.807, 2.05) is 32.0 Å². The Morgan fingerprint density at radius 3 is 2.33 bits per heavy atom. The number of carbonyl (C=O) groups is 1. The first-order valence-corrected chi connectivity index (χ1v) is 14.0. The van der Waals surface area contributed by atoms with Crippen molar-refractivity contribution in [3.63, 3.8) is 0 Å². The summed E-state index contributed by atoms with van der Waals surface area (Å²) in [5.41, 5.74) is 2.06. The molecular formula is C33H43N3O3. The van der Waals surface area contributed by atoms with Crippen LogP contribution in [0.4, 0.5) is 5.69 Å². The average Bonchev–Trinajstić information content (AvgIpc) is 3.39. The largest absolute Gasteiger partial charge is 0.456 e. The van der Waals surface area contributed by atoms with Crippen LogP contribution in [0.2, 0.25) is 0 Å². The number of nitrogens with one attached hydrogen (secondary N) is 1. The second-order valence-electron chi connectivity index (χ2n) is 11.6. The van der Waals surface area contributed by atoms with Gasteiger partial charge in [0.15, 0.2) is 0 Å². The summed E-state index contributed by atoms with van der Waals surface area (Å²) >= 11 is 0. The number of aliphatic hydroxyl groups excluding tert-OH is 1. The highest BCUT2D eigenvalue weighted by Crippen LogP contribution is 2.31. The molecule has 1 aromatic heterocycles. The molecule has 2 aromatic carbocycles. The van der Waals surface area contributed by atoms with Gasteiger partial charge in [0.2, 0.25) is 0 Å². The Hall–Kier alpha value is -3.56. The number of benzene rings is 2. The van der Waals surface area contributed by atoms with Crippen molar-refractivity contribution < 1.29 is 14.3 Å². The number of nitriles is 1. The van der Waals surface area contributed by atoms with Gasteiger partial charge in [-0.05, 0) is 93.5 Å². The number of nitrogens with zero attached hydrogens (tertiary/aromatic N) is 2. The lowest BCUT2D eigenvalue weighted by atomic mass is 9.99. The van der Waals surface area contributed by atoms with Crippen LogP contribution < -0.4 is 10.2 Å². The normalized spacial score (nSPS) is 14.4. The summed E-state index contributed by atoms with van der Waals surface area (Å²) in [4.78, 5) is 15.2. The molecule has 6 heteroatoms. The lowest BCUT2D eigenvalue weighted by Gasteiger charge is -2.29. The standard InChI is InChI=1S/C29H33N3O3.C4H10/c1-20(25(19-30)28(34)31-29(2,3)13-16-33)26-11-12-27(35-26)23-8-7-22-18-24(10-9-21(22)17-23)32-14-5-4-6-15-32;1-4(2)3/h7-12,17-18,33H,4-6,13-16H2,1-3H3,(H,31,34);4H,1-3H3/b25-20+;. The summed E-state index contributed by atoms with van der Waals surface area (Å²) in [6.07, 6.45) is 4.21. The van der Waals surface area contributed by atoms with Crippen LogP contribution >= 0.6 is 0 Å². The molecule has 39 heavy (non-hydrogen) atoms. The molecule has 2 heterocycles. The Balaban J connectivity index is 0.000000983. The molecule has 6 nitrogen and oxygen atoms in total. The summed E-state index contributed by atoms with van der Waals surface area (Å²) < 4.78 is 6.07. The maximum absolute atomic E-state index is 12.7. The van der Waals surface area contributed by atoms with Crippen molar-refractivity contribution in [3.05, 3.63) is 59.9 Å². The molecule has 0 atom stereocenters. The zero-order valence-electron chi connectivity index (χ0n) is 24.3. The lowest BCUT2D eigenvalue weighted by molar-refractivity contribution is -0.118. The molecule has 0 aliphatic carbocycles. The fourth-order valence-corrected chi connectivity index (χ4v) is 4.57. The van der Waals surface area contributed by atoms with Gasteiger partial charge in [0.1, 0.15) is 23.2 Å². The molecule has 0 bridgehead atoms. The fraction of sp³-hybridized carbons (Fsp3) is 0.455. The van der Waals surface area contributed by atoms with Gasteiger partial charge in [-0.25, -0.2) is 0 Å². The van der Waals surface area contributed by atoms with E-state index >= 15 is 0 Å². The van der Waals surface area contributed by atoms with Gasteiger partial charge in [0.25, 0.3) is 5.91 Å². The Morgan fingerprint density at radius 2 is 1.69 bits per heavy atom. The summed E-state index contributed by atoms with van der Waals surface area (Å²) in [7, 11) is 0. The number of carbonyl (C=O) groups excluding carboxylic acids is 1. The number of fused-ring (bicyclic) bond motifs is 1. The topological polar surface area (TPSA) is 89.5 Å². The van der Waals surface area contributed by atoms with E-state index in [0.29, 0.717) is 23.5 Å². The Labute approximate surface area is 233 Å². The first-order valence-electron chi connectivity index (χ1n) is 14.0. The quantitative estimate of drug-likeness (QED) is 0.247. The number of aliphatic hydroxyl groups is 1. The van der Waals surface area contributed by atoms with E-state index in [1.165, 1.54) is 30.3 Å². The highest BCUT2D eigenvalue weighted by atomic mass is 16.3. The van der Waals surface area contributed by atoms with Crippen molar-refractivity contribution >= 4 is 27.9 Å². The Kier molecular flexibility index (Phi) is 10.4. The minimum Gasteiger partial charge on any atom is -0.456 e. The minimum absolute atomic E-state index is 0.000619. The highest BCUT2D eigenvalue weighted by Gasteiger charge is 2.24. The third-order valence-electron chi connectivity index (χ3n) is 6.71. The minimum atomic E-state index is -0.624. The number of piperidine rings is 1. The van der Waals surface area contributed by atoms with E-state index in [4.69, 9.17) is 4.42 Å². The molecule has 1 aliphatic rings. The number of furan rings is 1. The number of allylic oxidation sites excluding steroid dienone is 1. The fourth-order valence-electron chi connectivity index (χ4n) is 4.57. The SMILES string of the molecule is C/C(=C(/C#N)C(=O)NC(C)(C)CCO)c1ccc(-c2ccc3cc(N4CCCCC4)ccc3c2)o1.CC(C)C. The van der Waals surface area contributed by atoms with Gasteiger partial charge in [-0.3, -0.25) is 4.79 Å². The smallest absolute Gasteiger partial charge is 0.262 e. The molecule has 1 saturated heterocycles. The van der Waals surface area contributed by atoms with Crippen molar-refractivity contribution in [2.75, 3.05) is 24.6 Å². The van der Waals surface area contributed by atoms with Gasteiger partial charge in [-0.15, -0.1) is 0 Å². The van der Waals surface area contributed by atoms with Crippen LogP contribution in [0.15, 0.2) is 58.5 Å². The maximum atomic E-state index is 12.7. The molecule has 1 fully saturated rings. The van der Waals surface area contributed by atoms with Gasteiger partial charge in [0.05, 0.1) is 0 Å². The molecule has 0 saturated carbocycles. The predicted octanol–water partition coefficient (Wildman–Crippen LogP) is 7.33. The summed E-state index contributed by atoms with van der Waals surface area (Å²) in [6, 6.07) is 18.5. The summed E-state index contributed by atoms with van der Waals surface area (Å²) in [5.74, 6) is 1.52. The van der Waals surface area contributed by atoms with Gasteiger partial charge < -0.3 is 19.7 Å². The van der Waals surface area contributed by atoms with E-state index < -0.39 is 11.4 Å². The molecule has 1 amide bonds. The van der Waals surface area contributed by atoms with E-state index in [9.17, 15) is 15.2 Å². The van der Waals surface area contributed by atoms with Crippen LogP contribution in [0.3, 0.4) is 0 Å². The van der Waals surface area contributed by atoms with Crippen LogP contribution in [0, 0.1) is 17.2 Å². The van der Waals surface area contributed by atoms with Crippen LogP contribution in [0.5, 0.6) is 0 Å². The average molecular weight is 530 g/mol. The van der Waals surface area contributed by atoms with Crippen molar-refractivity contribution in [3.8, 4) is 17.4 Å². The molecule has 0 spiro atoms. The van der Waals surface area contributed by atoms with E-state index in [1.54, 1.807) is 13.0 Å². The number of amides is 1. The second-order valence-corrected chi connectivity index (χ2v) is 11.6. The molecular weight excluding hydrogens is 486 g/mol. The molecule has 208 valence electrons. The first kappa shape index (κ1) is 30.0. The molecule has 2 N–H and O–H groups in total. The summed E-state index contributed by atoms with van der Waals surface area (Å²) in [5, 5.41) is 24.0. The number of rotatable bonds is 7. The number of anilines is 1. The van der Waals surface area contributed by atoms with E-state index in [2.05, 4.69) is 61.3 Å². The first-order chi connectivity index (χ1) is 18.5. The van der Waals surface area contributed by atoms with Crippen molar-refractivity contribution in [2.24, 2.45) is 5.92 Å². The number of hydrogen-bond acceptors (Lipinski definition) is 5. The molecule has 4 rings (SSSR count). The monoisotopic (exact) mass is 529 g/mol. The third kappa shape index (κ3) is 8.21. The Bertz CT molecular complexity index is 1330. The molecule has 3 aromatic rings. The van der Waals surface area contributed by atoms with Gasteiger partial charge in [-0.2, -0.15) is 5.26 Å².